The summed E-state index contributed by atoms with van der Waals surface area (Å²) in [4.78, 5) is 11.0. The highest BCUT2D eigenvalue weighted by Gasteiger charge is 2.10. The fourth-order valence-corrected chi connectivity index (χ4v) is 1.66. The van der Waals surface area contributed by atoms with E-state index in [9.17, 15) is 4.79 Å². The van der Waals surface area contributed by atoms with Crippen LogP contribution in [0.3, 0.4) is 0 Å². The van der Waals surface area contributed by atoms with Crippen molar-refractivity contribution in [2.45, 2.75) is 0 Å². The van der Waals surface area contributed by atoms with Gasteiger partial charge in [0.2, 0.25) is 0 Å². The molecule has 8 heteroatoms. The van der Waals surface area contributed by atoms with Gasteiger partial charge in [-0.1, -0.05) is 29.8 Å². The van der Waals surface area contributed by atoms with Crippen LogP contribution in [0.1, 0.15) is 10.4 Å². The predicted octanol–water partition coefficient (Wildman–Crippen LogP) is 2.48. The summed E-state index contributed by atoms with van der Waals surface area (Å²) < 4.78 is 0. The van der Waals surface area contributed by atoms with Gasteiger partial charge in [0.15, 0.2) is 5.11 Å². The lowest BCUT2D eigenvalue weighted by atomic mass is 10.1. The van der Waals surface area contributed by atoms with Crippen LogP contribution in [0.4, 0.5) is 11.4 Å². The van der Waals surface area contributed by atoms with E-state index in [-0.39, 0.29) is 10.7 Å². The van der Waals surface area contributed by atoms with Crippen LogP contribution in [-0.4, -0.2) is 16.2 Å². The number of thiocarbonyl (C=S) groups is 1. The number of carbonyl (C=O) groups is 1. The summed E-state index contributed by atoms with van der Waals surface area (Å²) in [5.74, 6) is 3.67. The maximum atomic E-state index is 11.0. The van der Waals surface area contributed by atoms with E-state index in [1.165, 1.54) is 6.07 Å². The number of carboxylic acid groups (broad SMARTS) is 1. The Labute approximate surface area is 138 Å². The molecule has 2 aromatic rings. The first-order chi connectivity index (χ1) is 10.4. The van der Waals surface area contributed by atoms with Gasteiger partial charge >= 0.3 is 5.97 Å². The Hall–Kier alpha value is -2.35. The highest BCUT2D eigenvalue weighted by Crippen LogP contribution is 2.24. The van der Waals surface area contributed by atoms with Crippen LogP contribution >= 0.6 is 23.8 Å². The summed E-state index contributed by atoms with van der Waals surface area (Å²) in [6.07, 6.45) is 0. The number of hydrazine groups is 1. The average Bonchev–Trinajstić information content (AvgIpc) is 2.48. The predicted molar refractivity (Wildman–Crippen MR) is 92.2 cm³/mol. The highest BCUT2D eigenvalue weighted by molar-refractivity contribution is 7.80. The molecular formula is C14H15ClN4O2S. The molecule has 7 N–H and O–H groups in total. The Morgan fingerprint density at radius 1 is 1.18 bits per heavy atom. The number of hydrogen-bond donors (Lipinski definition) is 5. The molecule has 0 unspecified atom stereocenters. The van der Waals surface area contributed by atoms with Crippen molar-refractivity contribution < 1.29 is 9.90 Å². The van der Waals surface area contributed by atoms with E-state index in [0.29, 0.717) is 10.7 Å². The Bertz CT molecular complexity index is 653. The molecule has 0 aliphatic rings. The van der Waals surface area contributed by atoms with Crippen molar-refractivity contribution in [2.75, 3.05) is 5.32 Å². The number of rotatable bonds is 3. The van der Waals surface area contributed by atoms with E-state index >= 15 is 0 Å². The van der Waals surface area contributed by atoms with E-state index < -0.39 is 5.97 Å². The Morgan fingerprint density at radius 3 is 2.27 bits per heavy atom. The van der Waals surface area contributed by atoms with E-state index in [4.69, 9.17) is 22.4 Å². The van der Waals surface area contributed by atoms with Crippen LogP contribution in [0.2, 0.25) is 5.02 Å². The fraction of sp³-hybridized carbons (Fsp3) is 0. The number of halogens is 1. The summed E-state index contributed by atoms with van der Waals surface area (Å²) in [5.41, 5.74) is 8.32. The molecule has 0 spiro atoms. The number of carboxylic acids is 1. The molecule has 0 heterocycles. The fourth-order valence-electron chi connectivity index (χ4n) is 1.48. The Balaban J connectivity index is 0.000000422. The molecule has 0 saturated carbocycles. The second kappa shape index (κ2) is 8.83. The molecule has 0 aliphatic carbocycles. The molecule has 0 saturated heterocycles. The summed E-state index contributed by atoms with van der Waals surface area (Å²) in [7, 11) is 0. The molecule has 6 nitrogen and oxygen atoms in total. The number of nitrogens with two attached hydrogens (primary N) is 2. The van der Waals surface area contributed by atoms with Gasteiger partial charge in [-0.2, -0.15) is 0 Å². The minimum absolute atomic E-state index is 0.116. The van der Waals surface area contributed by atoms with Gasteiger partial charge in [0.1, 0.15) is 0 Å². The molecule has 0 bridgehead atoms. The first-order valence-corrected chi connectivity index (χ1v) is 6.83. The zero-order chi connectivity index (χ0) is 16.5. The average molecular weight is 339 g/mol. The largest absolute Gasteiger partial charge is 0.478 e. The number of benzene rings is 2. The van der Waals surface area contributed by atoms with Crippen LogP contribution < -0.4 is 22.3 Å². The smallest absolute Gasteiger partial charge is 0.337 e. The lowest BCUT2D eigenvalue weighted by molar-refractivity contribution is 0.0698. The zero-order valence-corrected chi connectivity index (χ0v) is 13.0. The van der Waals surface area contributed by atoms with Gasteiger partial charge in [-0.3, -0.25) is 0 Å². The highest BCUT2D eigenvalue weighted by atomic mass is 35.5. The molecule has 0 radical (unpaired) electrons. The van der Waals surface area contributed by atoms with Gasteiger partial charge in [0, 0.05) is 10.7 Å². The molecule has 2 rings (SSSR count). The quantitative estimate of drug-likeness (QED) is 0.332. The molecule has 0 aliphatic heterocycles. The number of nitrogens with one attached hydrogen (secondary N) is 2. The van der Waals surface area contributed by atoms with Crippen LogP contribution in [0, 0.1) is 0 Å². The van der Waals surface area contributed by atoms with Crippen molar-refractivity contribution in [1.29, 1.82) is 0 Å². The van der Waals surface area contributed by atoms with E-state index in [1.54, 1.807) is 12.1 Å². The minimum Gasteiger partial charge on any atom is -0.478 e. The Morgan fingerprint density at radius 2 is 1.77 bits per heavy atom. The molecule has 0 fully saturated rings. The van der Waals surface area contributed by atoms with Crippen molar-refractivity contribution >= 4 is 46.3 Å². The summed E-state index contributed by atoms with van der Waals surface area (Å²) in [5, 5.41) is 12.7. The van der Waals surface area contributed by atoms with Gasteiger partial charge in [-0.15, -0.1) is 0 Å². The zero-order valence-electron chi connectivity index (χ0n) is 11.4. The monoisotopic (exact) mass is 338 g/mol. The number of aromatic carboxylic acids is 1. The lowest BCUT2D eigenvalue weighted by Crippen LogP contribution is -2.34. The van der Waals surface area contributed by atoms with Gasteiger partial charge < -0.3 is 21.6 Å². The second-order valence-corrected chi connectivity index (χ2v) is 4.87. The van der Waals surface area contributed by atoms with Gasteiger partial charge in [-0.05, 0) is 42.5 Å². The maximum Gasteiger partial charge on any atom is 0.337 e. The van der Waals surface area contributed by atoms with Gasteiger partial charge in [0.05, 0.1) is 11.3 Å². The SMILES string of the molecule is NNC(N)=S.O=C(O)c1ccc(Cl)cc1Nc1ccccc1. The standard InChI is InChI=1S/C13H10ClNO2.CH5N3S/c14-9-6-7-11(13(16)17)12(8-9)15-10-4-2-1-3-5-10;2-1(5)4-3/h1-8,15H,(H,16,17);3H2,(H3,2,4,5). The summed E-state index contributed by atoms with van der Waals surface area (Å²) in [6.45, 7) is 0. The van der Waals surface area contributed by atoms with Gasteiger partial charge in [-0.25, -0.2) is 10.6 Å². The molecule has 0 aromatic heterocycles. The van der Waals surface area contributed by atoms with Crippen molar-refractivity contribution in [3.05, 3.63) is 59.1 Å². The van der Waals surface area contributed by atoms with E-state index in [0.717, 1.165) is 5.69 Å². The molecule has 22 heavy (non-hydrogen) atoms. The third-order valence-electron chi connectivity index (χ3n) is 2.41. The minimum atomic E-state index is -0.986. The van der Waals surface area contributed by atoms with Crippen molar-refractivity contribution in [3.8, 4) is 0 Å². The van der Waals surface area contributed by atoms with Crippen LogP contribution in [0.25, 0.3) is 0 Å². The number of anilines is 2. The molecular weight excluding hydrogens is 324 g/mol. The molecule has 116 valence electrons. The third-order valence-corrected chi connectivity index (χ3v) is 2.76. The Kier molecular flexibility index (Phi) is 7.11. The number of hydrogen-bond acceptors (Lipinski definition) is 4. The van der Waals surface area contributed by atoms with Crippen LogP contribution in [0.5, 0.6) is 0 Å². The topological polar surface area (TPSA) is 113 Å². The van der Waals surface area contributed by atoms with E-state index in [1.807, 2.05) is 35.8 Å². The van der Waals surface area contributed by atoms with Gasteiger partial charge in [0.25, 0.3) is 0 Å². The van der Waals surface area contributed by atoms with E-state index in [2.05, 4.69) is 23.4 Å². The third kappa shape index (κ3) is 5.96. The van der Waals surface area contributed by atoms with Crippen molar-refractivity contribution in [1.82, 2.24) is 5.43 Å². The van der Waals surface area contributed by atoms with Crippen molar-refractivity contribution in [2.24, 2.45) is 11.6 Å². The lowest BCUT2D eigenvalue weighted by Gasteiger charge is -2.09. The van der Waals surface area contributed by atoms with Crippen molar-refractivity contribution in [3.63, 3.8) is 0 Å². The first-order valence-electron chi connectivity index (χ1n) is 6.05. The number of para-hydroxylation sites is 1. The maximum absolute atomic E-state index is 11.0. The second-order valence-electron chi connectivity index (χ2n) is 3.99. The molecule has 0 atom stereocenters. The normalized spacial score (nSPS) is 9.18. The summed E-state index contributed by atoms with van der Waals surface area (Å²) in [6, 6.07) is 14.0. The van der Waals surface area contributed by atoms with Crippen LogP contribution in [0.15, 0.2) is 48.5 Å². The summed E-state index contributed by atoms with van der Waals surface area (Å²) >= 11 is 10.1. The van der Waals surface area contributed by atoms with Crippen LogP contribution in [-0.2, 0) is 0 Å². The molecule has 2 aromatic carbocycles. The first kappa shape index (κ1) is 17.7. The molecule has 0 amide bonds.